The highest BCUT2D eigenvalue weighted by molar-refractivity contribution is 5.80. The van der Waals surface area contributed by atoms with Gasteiger partial charge in [-0.2, -0.15) is 9.97 Å². The summed E-state index contributed by atoms with van der Waals surface area (Å²) in [5.74, 6) is 6.74. The average Bonchev–Trinajstić information content (AvgIpc) is 3.17. The van der Waals surface area contributed by atoms with Crippen LogP contribution in [0.2, 0.25) is 0 Å². The molecule has 8 nitrogen and oxygen atoms in total. The fraction of sp³-hybridized carbons (Fsp3) is 0.500. The van der Waals surface area contributed by atoms with E-state index < -0.39 is 0 Å². The fourth-order valence-electron chi connectivity index (χ4n) is 1.50. The normalized spacial score (nSPS) is 14.1. The Hall–Kier alpha value is -2.09. The number of hydrogen-bond acceptors (Lipinski definition) is 7. The number of hydrogen-bond donors (Lipinski definition) is 5. The Morgan fingerprint density at radius 1 is 1.33 bits per heavy atom. The Kier molecular flexibility index (Phi) is 3.78. The van der Waals surface area contributed by atoms with Crippen molar-refractivity contribution in [2.75, 3.05) is 29.6 Å². The Morgan fingerprint density at radius 3 is 2.72 bits per heavy atom. The molecule has 1 aliphatic carbocycles. The van der Waals surface area contributed by atoms with Gasteiger partial charge in [-0.15, -0.1) is 0 Å². The summed E-state index contributed by atoms with van der Waals surface area (Å²) in [6.45, 7) is 1.11. The van der Waals surface area contributed by atoms with Crippen LogP contribution in [0.25, 0.3) is 0 Å². The summed E-state index contributed by atoms with van der Waals surface area (Å²) in [6.07, 6.45) is 2.01. The van der Waals surface area contributed by atoms with Crippen molar-refractivity contribution in [1.29, 1.82) is 0 Å². The van der Waals surface area contributed by atoms with E-state index in [0.29, 0.717) is 24.7 Å². The minimum Gasteiger partial charge on any atom is -0.368 e. The van der Waals surface area contributed by atoms with Crippen LogP contribution in [0.15, 0.2) is 6.07 Å². The highest BCUT2D eigenvalue weighted by Gasteiger charge is 2.28. The SMILES string of the molecule is NNc1cc(NCCNC(=O)C2CC2)nc(N)n1. The van der Waals surface area contributed by atoms with Gasteiger partial charge < -0.3 is 21.8 Å². The second-order valence-corrected chi connectivity index (χ2v) is 4.13. The molecule has 98 valence electrons. The number of anilines is 3. The lowest BCUT2D eigenvalue weighted by Gasteiger charge is -2.08. The van der Waals surface area contributed by atoms with Crippen LogP contribution >= 0.6 is 0 Å². The molecule has 0 saturated heterocycles. The molecule has 7 N–H and O–H groups in total. The number of rotatable bonds is 6. The van der Waals surface area contributed by atoms with Crippen molar-refractivity contribution < 1.29 is 4.79 Å². The number of nitrogens with zero attached hydrogens (tertiary/aromatic N) is 2. The number of nitrogens with two attached hydrogens (primary N) is 2. The number of amides is 1. The molecule has 1 amide bonds. The van der Waals surface area contributed by atoms with Crippen LogP contribution in [0.1, 0.15) is 12.8 Å². The molecule has 0 aliphatic heterocycles. The van der Waals surface area contributed by atoms with Gasteiger partial charge in [0.15, 0.2) is 0 Å². The number of aromatic nitrogens is 2. The first-order valence-corrected chi connectivity index (χ1v) is 5.82. The lowest BCUT2D eigenvalue weighted by atomic mass is 10.4. The van der Waals surface area contributed by atoms with E-state index in [4.69, 9.17) is 11.6 Å². The zero-order chi connectivity index (χ0) is 13.0. The van der Waals surface area contributed by atoms with Crippen molar-refractivity contribution in [3.8, 4) is 0 Å². The van der Waals surface area contributed by atoms with Gasteiger partial charge in [0, 0.05) is 25.1 Å². The summed E-state index contributed by atoms with van der Waals surface area (Å²) in [5.41, 5.74) is 7.91. The van der Waals surface area contributed by atoms with Crippen LogP contribution in [0.4, 0.5) is 17.6 Å². The van der Waals surface area contributed by atoms with Crippen molar-refractivity contribution in [3.63, 3.8) is 0 Å². The molecular weight excluding hydrogens is 234 g/mol. The molecule has 0 bridgehead atoms. The second kappa shape index (κ2) is 5.50. The average molecular weight is 251 g/mol. The fourth-order valence-corrected chi connectivity index (χ4v) is 1.50. The van der Waals surface area contributed by atoms with Gasteiger partial charge in [0.25, 0.3) is 0 Å². The van der Waals surface area contributed by atoms with Gasteiger partial charge in [-0.1, -0.05) is 0 Å². The summed E-state index contributed by atoms with van der Waals surface area (Å²) < 4.78 is 0. The van der Waals surface area contributed by atoms with Crippen molar-refractivity contribution in [1.82, 2.24) is 15.3 Å². The number of nitrogen functional groups attached to an aromatic ring is 2. The van der Waals surface area contributed by atoms with Crippen molar-refractivity contribution in [2.45, 2.75) is 12.8 Å². The van der Waals surface area contributed by atoms with Crippen LogP contribution in [0.3, 0.4) is 0 Å². The topological polar surface area (TPSA) is 131 Å². The summed E-state index contributed by atoms with van der Waals surface area (Å²) >= 11 is 0. The van der Waals surface area contributed by atoms with Crippen LogP contribution < -0.4 is 27.6 Å². The third-order valence-electron chi connectivity index (χ3n) is 2.57. The molecule has 1 aliphatic rings. The molecule has 18 heavy (non-hydrogen) atoms. The zero-order valence-electron chi connectivity index (χ0n) is 9.94. The smallest absolute Gasteiger partial charge is 0.223 e. The van der Waals surface area contributed by atoms with Gasteiger partial charge in [-0.25, -0.2) is 5.84 Å². The quantitative estimate of drug-likeness (QED) is 0.256. The van der Waals surface area contributed by atoms with Gasteiger partial charge in [-0.05, 0) is 12.8 Å². The van der Waals surface area contributed by atoms with E-state index in [-0.39, 0.29) is 17.8 Å². The molecule has 1 aromatic rings. The molecule has 1 saturated carbocycles. The van der Waals surface area contributed by atoms with E-state index in [1.807, 2.05) is 0 Å². The van der Waals surface area contributed by atoms with Gasteiger partial charge >= 0.3 is 0 Å². The third-order valence-corrected chi connectivity index (χ3v) is 2.57. The first kappa shape index (κ1) is 12.4. The lowest BCUT2D eigenvalue weighted by Crippen LogP contribution is -2.30. The van der Waals surface area contributed by atoms with Crippen molar-refractivity contribution >= 4 is 23.5 Å². The number of hydrazine groups is 1. The van der Waals surface area contributed by atoms with Crippen LogP contribution in [0, 0.1) is 5.92 Å². The Morgan fingerprint density at radius 2 is 2.06 bits per heavy atom. The first-order chi connectivity index (χ1) is 8.69. The summed E-state index contributed by atoms with van der Waals surface area (Å²) in [6, 6.07) is 1.64. The molecule has 8 heteroatoms. The molecular formula is C10H17N7O. The van der Waals surface area contributed by atoms with Crippen molar-refractivity contribution in [2.24, 2.45) is 11.8 Å². The maximum absolute atomic E-state index is 11.4. The van der Waals surface area contributed by atoms with Gasteiger partial charge in [0.05, 0.1) is 0 Å². The Labute approximate surface area is 105 Å². The predicted molar refractivity (Wildman–Crippen MR) is 68.5 cm³/mol. The number of carbonyl (C=O) groups is 1. The predicted octanol–water partition coefficient (Wildman–Crippen LogP) is -0.717. The lowest BCUT2D eigenvalue weighted by molar-refractivity contribution is -0.122. The molecule has 0 unspecified atom stereocenters. The molecule has 0 aromatic carbocycles. The van der Waals surface area contributed by atoms with Crippen LogP contribution in [-0.4, -0.2) is 29.0 Å². The highest BCUT2D eigenvalue weighted by Crippen LogP contribution is 2.28. The van der Waals surface area contributed by atoms with E-state index in [2.05, 4.69) is 26.0 Å². The third kappa shape index (κ3) is 3.45. The maximum atomic E-state index is 11.4. The largest absolute Gasteiger partial charge is 0.368 e. The van der Waals surface area contributed by atoms with Gasteiger partial charge in [0.1, 0.15) is 11.6 Å². The molecule has 1 heterocycles. The number of nitrogens with one attached hydrogen (secondary N) is 3. The van der Waals surface area contributed by atoms with Gasteiger partial charge in [-0.3, -0.25) is 4.79 Å². The molecule has 1 fully saturated rings. The zero-order valence-corrected chi connectivity index (χ0v) is 9.94. The summed E-state index contributed by atoms with van der Waals surface area (Å²) in [4.78, 5) is 19.2. The first-order valence-electron chi connectivity index (χ1n) is 5.82. The minimum absolute atomic E-state index is 0.128. The van der Waals surface area contributed by atoms with Crippen LogP contribution in [-0.2, 0) is 4.79 Å². The van der Waals surface area contributed by atoms with Crippen LogP contribution in [0.5, 0.6) is 0 Å². The standard InChI is InChI=1S/C10H17N7O/c11-10-15-7(5-8(16-10)17-12)13-3-4-14-9(18)6-1-2-6/h5-6H,1-4,12H2,(H,14,18)(H4,11,13,15,16,17). The van der Waals surface area contributed by atoms with E-state index >= 15 is 0 Å². The molecule has 1 aromatic heterocycles. The van der Waals surface area contributed by atoms with E-state index in [0.717, 1.165) is 12.8 Å². The molecule has 0 atom stereocenters. The summed E-state index contributed by atoms with van der Waals surface area (Å²) in [7, 11) is 0. The summed E-state index contributed by atoms with van der Waals surface area (Å²) in [5, 5.41) is 5.88. The van der Waals surface area contributed by atoms with E-state index in [1.54, 1.807) is 6.07 Å². The second-order valence-electron chi connectivity index (χ2n) is 4.13. The van der Waals surface area contributed by atoms with Crippen molar-refractivity contribution in [3.05, 3.63) is 6.07 Å². The highest BCUT2D eigenvalue weighted by atomic mass is 16.2. The molecule has 0 radical (unpaired) electrons. The van der Waals surface area contributed by atoms with Gasteiger partial charge in [0.2, 0.25) is 11.9 Å². The minimum atomic E-state index is 0.128. The monoisotopic (exact) mass is 251 g/mol. The maximum Gasteiger partial charge on any atom is 0.223 e. The Balaban J connectivity index is 1.75. The van der Waals surface area contributed by atoms with E-state index in [1.165, 1.54) is 0 Å². The number of carbonyl (C=O) groups excluding carboxylic acids is 1. The molecule has 0 spiro atoms. The Bertz CT molecular complexity index is 432. The molecule has 2 rings (SSSR count). The van der Waals surface area contributed by atoms with E-state index in [9.17, 15) is 4.79 Å².